The molecule has 6 rings (SSSR count). The lowest BCUT2D eigenvalue weighted by Gasteiger charge is -2.07. The van der Waals surface area contributed by atoms with Crippen molar-refractivity contribution in [3.63, 3.8) is 0 Å². The molecule has 0 amide bonds. The molecule has 6 heteroatoms. The van der Waals surface area contributed by atoms with Crippen LogP contribution in [0.2, 0.25) is 0 Å². The summed E-state index contributed by atoms with van der Waals surface area (Å²) in [6, 6.07) is 21.9. The fourth-order valence-electron chi connectivity index (χ4n) is 3.90. The summed E-state index contributed by atoms with van der Waals surface area (Å²) in [4.78, 5) is 4.69. The molecule has 0 bridgehead atoms. The first kappa shape index (κ1) is 16.9. The molecule has 0 saturated carbocycles. The third kappa shape index (κ3) is 2.50. The molecule has 30 heavy (non-hydrogen) atoms. The Morgan fingerprint density at radius 2 is 1.77 bits per heavy atom. The molecule has 5 aromatic rings. The monoisotopic (exact) mass is 395 g/mol. The average molecular weight is 395 g/mol. The van der Waals surface area contributed by atoms with Crippen molar-refractivity contribution < 1.29 is 14.2 Å². The lowest BCUT2D eigenvalue weighted by atomic mass is 10.1. The predicted octanol–water partition coefficient (Wildman–Crippen LogP) is 4.98. The lowest BCUT2D eigenvalue weighted by molar-refractivity contribution is 0.174. The first-order valence-corrected chi connectivity index (χ1v) is 9.63. The third-order valence-corrected chi connectivity index (χ3v) is 5.36. The van der Waals surface area contributed by atoms with Crippen molar-refractivity contribution in [2.75, 3.05) is 13.9 Å². The second kappa shape index (κ2) is 6.49. The number of nitrogens with zero attached hydrogens (tertiary/aromatic N) is 3. The highest BCUT2D eigenvalue weighted by Crippen LogP contribution is 2.39. The van der Waals surface area contributed by atoms with E-state index in [1.165, 1.54) is 0 Å². The van der Waals surface area contributed by atoms with Crippen LogP contribution in [-0.4, -0.2) is 28.7 Å². The van der Waals surface area contributed by atoms with E-state index in [1.807, 2.05) is 77.6 Å². The second-order valence-electron chi connectivity index (χ2n) is 7.07. The van der Waals surface area contributed by atoms with Gasteiger partial charge in [-0.05, 0) is 48.5 Å². The molecule has 0 unspecified atom stereocenters. The molecule has 0 aliphatic carbocycles. The van der Waals surface area contributed by atoms with Gasteiger partial charge in [0, 0.05) is 22.5 Å². The van der Waals surface area contributed by atoms with Crippen LogP contribution in [-0.2, 0) is 0 Å². The predicted molar refractivity (Wildman–Crippen MR) is 114 cm³/mol. The first-order chi connectivity index (χ1) is 14.8. The molecular formula is C24H17N3O3. The van der Waals surface area contributed by atoms with Gasteiger partial charge >= 0.3 is 0 Å². The highest BCUT2D eigenvalue weighted by Gasteiger charge is 2.20. The molecule has 0 saturated heterocycles. The minimum atomic E-state index is 0.240. The Hall–Kier alpha value is -4.06. The summed E-state index contributed by atoms with van der Waals surface area (Å²) in [6.45, 7) is 0.240. The number of ether oxygens (including phenoxy) is 3. The summed E-state index contributed by atoms with van der Waals surface area (Å²) in [5.74, 6) is 2.26. The summed E-state index contributed by atoms with van der Waals surface area (Å²) in [5.41, 5.74) is 4.63. The van der Waals surface area contributed by atoms with Crippen LogP contribution in [0.3, 0.4) is 0 Å². The number of aromatic nitrogens is 3. The lowest BCUT2D eigenvalue weighted by Crippen LogP contribution is -1.97. The fourth-order valence-corrected chi connectivity index (χ4v) is 3.90. The van der Waals surface area contributed by atoms with Gasteiger partial charge in [-0.2, -0.15) is 5.10 Å². The number of fused-ring (bicyclic) bond motifs is 4. The molecule has 3 aromatic carbocycles. The number of benzene rings is 3. The van der Waals surface area contributed by atoms with Gasteiger partial charge in [0.25, 0.3) is 0 Å². The van der Waals surface area contributed by atoms with Gasteiger partial charge in [-0.3, -0.25) is 4.98 Å². The number of para-hydroxylation sites is 1. The molecule has 0 N–H and O–H groups in total. The summed E-state index contributed by atoms with van der Waals surface area (Å²) >= 11 is 0. The van der Waals surface area contributed by atoms with Crippen LogP contribution in [0.5, 0.6) is 17.2 Å². The van der Waals surface area contributed by atoms with E-state index in [0.717, 1.165) is 56.0 Å². The van der Waals surface area contributed by atoms with Crippen LogP contribution in [0, 0.1) is 0 Å². The summed E-state index contributed by atoms with van der Waals surface area (Å²) in [6.07, 6.45) is 1.89. The molecule has 0 radical (unpaired) electrons. The minimum Gasteiger partial charge on any atom is -0.497 e. The van der Waals surface area contributed by atoms with Gasteiger partial charge in [0.05, 0.1) is 23.8 Å². The molecule has 0 spiro atoms. The van der Waals surface area contributed by atoms with Crippen LogP contribution in [0.15, 0.2) is 72.9 Å². The van der Waals surface area contributed by atoms with Crippen molar-refractivity contribution in [2.24, 2.45) is 0 Å². The van der Waals surface area contributed by atoms with E-state index in [0.29, 0.717) is 0 Å². The Labute approximate surface area is 172 Å². The van der Waals surface area contributed by atoms with Gasteiger partial charge < -0.3 is 14.2 Å². The zero-order valence-corrected chi connectivity index (χ0v) is 16.2. The van der Waals surface area contributed by atoms with Crippen LogP contribution in [0.25, 0.3) is 38.8 Å². The van der Waals surface area contributed by atoms with Crippen LogP contribution >= 0.6 is 0 Å². The largest absolute Gasteiger partial charge is 0.497 e. The normalized spacial score (nSPS) is 12.6. The third-order valence-electron chi connectivity index (χ3n) is 5.36. The van der Waals surface area contributed by atoms with E-state index in [-0.39, 0.29) is 6.79 Å². The quantitative estimate of drug-likeness (QED) is 0.431. The van der Waals surface area contributed by atoms with E-state index < -0.39 is 0 Å². The number of hydrogen-bond acceptors (Lipinski definition) is 5. The molecule has 6 nitrogen and oxygen atoms in total. The maximum atomic E-state index is 5.58. The van der Waals surface area contributed by atoms with Gasteiger partial charge in [0.15, 0.2) is 11.5 Å². The second-order valence-corrected chi connectivity index (χ2v) is 7.07. The minimum absolute atomic E-state index is 0.240. The van der Waals surface area contributed by atoms with E-state index in [9.17, 15) is 0 Å². The van der Waals surface area contributed by atoms with E-state index >= 15 is 0 Å². The molecule has 3 heterocycles. The van der Waals surface area contributed by atoms with Crippen molar-refractivity contribution >= 4 is 21.8 Å². The van der Waals surface area contributed by atoms with Crippen molar-refractivity contribution in [1.29, 1.82) is 0 Å². The molecule has 1 aliphatic heterocycles. The Kier molecular flexibility index (Phi) is 3.64. The molecule has 146 valence electrons. The zero-order valence-electron chi connectivity index (χ0n) is 16.2. The standard InChI is InChI=1S/C24H17N3O3/c1-28-17-8-9-20-18(12-17)24-19(13-25-20)23(26-27(24)16-5-3-2-4-6-16)15-7-10-21-22(11-15)30-14-29-21/h2-13H,14H2,1H3. The molecular weight excluding hydrogens is 378 g/mol. The maximum absolute atomic E-state index is 5.58. The Bertz CT molecular complexity index is 1410. The molecule has 0 atom stereocenters. The molecule has 2 aromatic heterocycles. The van der Waals surface area contributed by atoms with Gasteiger partial charge in [-0.25, -0.2) is 4.68 Å². The number of methoxy groups -OCH3 is 1. The topological polar surface area (TPSA) is 58.4 Å². The highest BCUT2D eigenvalue weighted by molar-refractivity contribution is 6.09. The fraction of sp³-hybridized carbons (Fsp3) is 0.0833. The SMILES string of the molecule is COc1ccc2ncc3c(-c4ccc5c(c4)OCO5)nn(-c4ccccc4)c3c2c1. The van der Waals surface area contributed by atoms with Gasteiger partial charge in [0.2, 0.25) is 6.79 Å². The van der Waals surface area contributed by atoms with Crippen LogP contribution in [0.1, 0.15) is 0 Å². The van der Waals surface area contributed by atoms with E-state index in [4.69, 9.17) is 19.3 Å². The Morgan fingerprint density at radius 1 is 0.900 bits per heavy atom. The van der Waals surface area contributed by atoms with Gasteiger partial charge in [-0.1, -0.05) is 18.2 Å². The number of hydrogen-bond donors (Lipinski definition) is 0. The van der Waals surface area contributed by atoms with Crippen molar-refractivity contribution in [1.82, 2.24) is 14.8 Å². The van der Waals surface area contributed by atoms with E-state index in [1.54, 1.807) is 7.11 Å². The van der Waals surface area contributed by atoms with Crippen LogP contribution < -0.4 is 14.2 Å². The summed E-state index contributed by atoms with van der Waals surface area (Å²) < 4.78 is 18.5. The zero-order chi connectivity index (χ0) is 20.1. The van der Waals surface area contributed by atoms with Crippen LogP contribution in [0.4, 0.5) is 0 Å². The van der Waals surface area contributed by atoms with E-state index in [2.05, 4.69) is 4.98 Å². The molecule has 1 aliphatic rings. The molecule has 0 fully saturated rings. The van der Waals surface area contributed by atoms with Gasteiger partial charge in [-0.15, -0.1) is 0 Å². The average Bonchev–Trinajstić information content (AvgIpc) is 3.43. The number of pyridine rings is 1. The maximum Gasteiger partial charge on any atom is 0.231 e. The Morgan fingerprint density at radius 3 is 2.63 bits per heavy atom. The van der Waals surface area contributed by atoms with Crippen molar-refractivity contribution in [3.8, 4) is 34.2 Å². The Balaban J connectivity index is 1.69. The van der Waals surface area contributed by atoms with Crippen molar-refractivity contribution in [2.45, 2.75) is 0 Å². The summed E-state index contributed by atoms with van der Waals surface area (Å²) in [7, 11) is 1.67. The highest BCUT2D eigenvalue weighted by atomic mass is 16.7. The number of rotatable bonds is 3. The van der Waals surface area contributed by atoms with Gasteiger partial charge in [0.1, 0.15) is 11.4 Å². The smallest absolute Gasteiger partial charge is 0.231 e. The summed E-state index contributed by atoms with van der Waals surface area (Å²) in [5, 5.41) is 6.94. The van der Waals surface area contributed by atoms with Crippen molar-refractivity contribution in [3.05, 3.63) is 72.9 Å². The first-order valence-electron chi connectivity index (χ1n) is 9.63.